The van der Waals surface area contributed by atoms with Crippen molar-refractivity contribution < 1.29 is 0 Å². The van der Waals surface area contributed by atoms with Gasteiger partial charge >= 0.3 is 0 Å². The highest BCUT2D eigenvalue weighted by Crippen LogP contribution is 2.29. The minimum atomic E-state index is 0.309. The highest BCUT2D eigenvalue weighted by Gasteiger charge is 2.17. The Morgan fingerprint density at radius 2 is 1.76 bits per heavy atom. The van der Waals surface area contributed by atoms with Crippen molar-refractivity contribution in [2.24, 2.45) is 0 Å². The number of hydrogen-bond donors (Lipinski definition) is 1. The van der Waals surface area contributed by atoms with E-state index in [2.05, 4.69) is 75.5 Å². The zero-order valence-electron chi connectivity index (χ0n) is 13.6. The standard InChI is InChI=1S/C19H27NS/c1-5-12-20-18(14-21-19(2,3)4)17-11-10-15-8-6-7-9-16(15)13-17/h6-11,13,18,20H,5,12,14H2,1-4H3. The Morgan fingerprint density at radius 3 is 2.43 bits per heavy atom. The van der Waals surface area contributed by atoms with Crippen molar-refractivity contribution in [3.8, 4) is 0 Å². The number of nitrogens with one attached hydrogen (secondary N) is 1. The quantitative estimate of drug-likeness (QED) is 0.765. The number of thioether (sulfide) groups is 1. The van der Waals surface area contributed by atoms with Crippen molar-refractivity contribution in [2.75, 3.05) is 12.3 Å². The van der Waals surface area contributed by atoms with Crippen LogP contribution in [0.25, 0.3) is 10.8 Å². The van der Waals surface area contributed by atoms with Crippen LogP contribution in [0.2, 0.25) is 0 Å². The highest BCUT2D eigenvalue weighted by molar-refractivity contribution is 8.00. The van der Waals surface area contributed by atoms with Gasteiger partial charge in [0.05, 0.1) is 0 Å². The summed E-state index contributed by atoms with van der Waals surface area (Å²) in [6.07, 6.45) is 1.17. The molecule has 0 saturated heterocycles. The van der Waals surface area contributed by atoms with Crippen LogP contribution in [0.1, 0.15) is 45.7 Å². The molecule has 0 heterocycles. The maximum Gasteiger partial charge on any atom is 0.0412 e. The summed E-state index contributed by atoms with van der Waals surface area (Å²) in [6, 6.07) is 15.9. The molecule has 1 unspecified atom stereocenters. The van der Waals surface area contributed by atoms with Gasteiger partial charge < -0.3 is 5.32 Å². The van der Waals surface area contributed by atoms with E-state index in [-0.39, 0.29) is 0 Å². The molecule has 2 rings (SSSR count). The molecule has 0 aliphatic heterocycles. The third-order valence-electron chi connectivity index (χ3n) is 3.50. The second-order valence-electron chi connectivity index (χ2n) is 6.54. The third kappa shape index (κ3) is 5.05. The second kappa shape index (κ2) is 7.33. The fourth-order valence-corrected chi connectivity index (χ4v) is 3.33. The minimum absolute atomic E-state index is 0.309. The fourth-order valence-electron chi connectivity index (χ4n) is 2.35. The molecule has 0 radical (unpaired) electrons. The molecule has 0 spiro atoms. The SMILES string of the molecule is CCCNC(CSC(C)(C)C)c1ccc2ccccc2c1. The maximum atomic E-state index is 3.70. The first-order valence-corrected chi connectivity index (χ1v) is 8.84. The monoisotopic (exact) mass is 301 g/mol. The molecule has 0 fully saturated rings. The van der Waals surface area contributed by atoms with E-state index in [0.29, 0.717) is 10.8 Å². The molecule has 1 nitrogen and oxygen atoms in total. The molecule has 0 aliphatic carbocycles. The average Bonchev–Trinajstić information content (AvgIpc) is 2.46. The maximum absolute atomic E-state index is 3.70. The van der Waals surface area contributed by atoms with Crippen LogP contribution in [0.5, 0.6) is 0 Å². The van der Waals surface area contributed by atoms with Gasteiger partial charge in [-0.2, -0.15) is 11.8 Å². The minimum Gasteiger partial charge on any atom is -0.309 e. The lowest BCUT2D eigenvalue weighted by Gasteiger charge is -2.24. The van der Waals surface area contributed by atoms with Crippen LogP contribution in [0.15, 0.2) is 42.5 Å². The summed E-state index contributed by atoms with van der Waals surface area (Å²) in [5.41, 5.74) is 1.40. The summed E-state index contributed by atoms with van der Waals surface area (Å²) in [7, 11) is 0. The van der Waals surface area contributed by atoms with Gasteiger partial charge in [0.2, 0.25) is 0 Å². The smallest absolute Gasteiger partial charge is 0.0412 e. The molecule has 1 N–H and O–H groups in total. The van der Waals surface area contributed by atoms with E-state index in [1.807, 2.05) is 11.8 Å². The van der Waals surface area contributed by atoms with Crippen LogP contribution in [-0.2, 0) is 0 Å². The number of hydrogen-bond acceptors (Lipinski definition) is 2. The molecular formula is C19H27NS. The van der Waals surface area contributed by atoms with Gasteiger partial charge in [0, 0.05) is 16.5 Å². The van der Waals surface area contributed by atoms with Gasteiger partial charge in [-0.05, 0) is 35.4 Å². The Balaban J connectivity index is 2.20. The first-order valence-electron chi connectivity index (χ1n) is 7.85. The van der Waals surface area contributed by atoms with E-state index in [1.54, 1.807) is 0 Å². The van der Waals surface area contributed by atoms with E-state index in [4.69, 9.17) is 0 Å². The van der Waals surface area contributed by atoms with Gasteiger partial charge in [-0.25, -0.2) is 0 Å². The zero-order valence-corrected chi connectivity index (χ0v) is 14.5. The summed E-state index contributed by atoms with van der Waals surface area (Å²) >= 11 is 2.03. The molecule has 114 valence electrons. The summed E-state index contributed by atoms with van der Waals surface area (Å²) in [5, 5.41) is 6.35. The third-order valence-corrected chi connectivity index (χ3v) is 4.87. The van der Waals surface area contributed by atoms with Gasteiger partial charge in [0.25, 0.3) is 0 Å². The molecular weight excluding hydrogens is 274 g/mol. The lowest BCUT2D eigenvalue weighted by Crippen LogP contribution is -2.26. The second-order valence-corrected chi connectivity index (χ2v) is 8.38. The molecule has 0 aromatic heterocycles. The van der Waals surface area contributed by atoms with E-state index >= 15 is 0 Å². The van der Waals surface area contributed by atoms with Crippen molar-refractivity contribution in [3.05, 3.63) is 48.0 Å². The zero-order chi connectivity index (χ0) is 15.3. The van der Waals surface area contributed by atoms with Gasteiger partial charge in [-0.15, -0.1) is 0 Å². The topological polar surface area (TPSA) is 12.0 Å². The number of rotatable bonds is 6. The van der Waals surface area contributed by atoms with E-state index < -0.39 is 0 Å². The Kier molecular flexibility index (Phi) is 5.72. The number of fused-ring (bicyclic) bond motifs is 1. The predicted molar refractivity (Wildman–Crippen MR) is 97.2 cm³/mol. The Morgan fingerprint density at radius 1 is 1.05 bits per heavy atom. The summed E-state index contributed by atoms with van der Waals surface area (Å²) in [4.78, 5) is 0. The van der Waals surface area contributed by atoms with Gasteiger partial charge in [0.15, 0.2) is 0 Å². The first kappa shape index (κ1) is 16.4. The Bertz CT molecular complexity index is 571. The van der Waals surface area contributed by atoms with Crippen molar-refractivity contribution >= 4 is 22.5 Å². The van der Waals surface area contributed by atoms with Crippen LogP contribution in [-0.4, -0.2) is 17.0 Å². The molecule has 2 aromatic rings. The van der Waals surface area contributed by atoms with Gasteiger partial charge in [-0.3, -0.25) is 0 Å². The predicted octanol–water partition coefficient (Wildman–Crippen LogP) is 5.41. The summed E-state index contributed by atoms with van der Waals surface area (Å²) in [5.74, 6) is 1.11. The molecule has 0 amide bonds. The average molecular weight is 301 g/mol. The van der Waals surface area contributed by atoms with E-state index in [0.717, 1.165) is 12.3 Å². The molecule has 0 saturated carbocycles. The Hall–Kier alpha value is -0.990. The van der Waals surface area contributed by atoms with Crippen molar-refractivity contribution in [1.82, 2.24) is 5.32 Å². The van der Waals surface area contributed by atoms with Crippen LogP contribution in [0, 0.1) is 0 Å². The van der Waals surface area contributed by atoms with Crippen molar-refractivity contribution in [3.63, 3.8) is 0 Å². The molecule has 2 aromatic carbocycles. The van der Waals surface area contributed by atoms with Crippen LogP contribution >= 0.6 is 11.8 Å². The largest absolute Gasteiger partial charge is 0.309 e. The fraction of sp³-hybridized carbons (Fsp3) is 0.474. The lowest BCUT2D eigenvalue weighted by atomic mass is 10.0. The normalized spacial score (nSPS) is 13.5. The van der Waals surface area contributed by atoms with Crippen molar-refractivity contribution in [2.45, 2.75) is 44.9 Å². The van der Waals surface area contributed by atoms with Gasteiger partial charge in [-0.1, -0.05) is 64.1 Å². The molecule has 1 atom stereocenters. The van der Waals surface area contributed by atoms with E-state index in [9.17, 15) is 0 Å². The summed E-state index contributed by atoms with van der Waals surface area (Å²) < 4.78 is 0.309. The van der Waals surface area contributed by atoms with Crippen LogP contribution in [0.4, 0.5) is 0 Å². The first-order chi connectivity index (χ1) is 9.99. The summed E-state index contributed by atoms with van der Waals surface area (Å²) in [6.45, 7) is 10.2. The molecule has 0 bridgehead atoms. The lowest BCUT2D eigenvalue weighted by molar-refractivity contribution is 0.576. The van der Waals surface area contributed by atoms with Crippen molar-refractivity contribution in [1.29, 1.82) is 0 Å². The molecule has 0 aliphatic rings. The van der Waals surface area contributed by atoms with Gasteiger partial charge in [0.1, 0.15) is 0 Å². The molecule has 2 heteroatoms. The van der Waals surface area contributed by atoms with Crippen LogP contribution < -0.4 is 5.32 Å². The van der Waals surface area contributed by atoms with E-state index in [1.165, 1.54) is 22.8 Å². The number of benzene rings is 2. The molecule has 21 heavy (non-hydrogen) atoms. The van der Waals surface area contributed by atoms with Crippen LogP contribution in [0.3, 0.4) is 0 Å². The highest BCUT2D eigenvalue weighted by atomic mass is 32.2. The Labute approximate surface area is 133 Å².